The molecule has 4 N–H and O–H groups in total. The van der Waals surface area contributed by atoms with Crippen molar-refractivity contribution < 1.29 is 13.2 Å². The predicted octanol–water partition coefficient (Wildman–Crippen LogP) is 1.02. The molecule has 0 unspecified atom stereocenters. The van der Waals surface area contributed by atoms with Crippen molar-refractivity contribution in [1.82, 2.24) is 4.72 Å². The third-order valence-corrected chi connectivity index (χ3v) is 3.98. The molecular weight excluding hydrogens is 266 g/mol. The number of ether oxygens (including phenoxy) is 1. The molecule has 0 saturated heterocycles. The fourth-order valence-corrected chi connectivity index (χ4v) is 2.60. The van der Waals surface area contributed by atoms with Crippen LogP contribution in [0.4, 0.5) is 11.4 Å². The van der Waals surface area contributed by atoms with Crippen LogP contribution in [0.2, 0.25) is 0 Å². The molecular formula is C12H21N3O3S. The van der Waals surface area contributed by atoms with Crippen LogP contribution >= 0.6 is 0 Å². The highest BCUT2D eigenvalue weighted by Crippen LogP contribution is 2.22. The second-order valence-electron chi connectivity index (χ2n) is 3.87. The number of rotatable bonds is 8. The summed E-state index contributed by atoms with van der Waals surface area (Å²) in [6.45, 7) is 5.75. The van der Waals surface area contributed by atoms with Crippen LogP contribution in [0.3, 0.4) is 0 Å². The third kappa shape index (κ3) is 4.70. The third-order valence-electron chi connectivity index (χ3n) is 2.44. The number of nitrogens with one attached hydrogen (secondary N) is 2. The Morgan fingerprint density at radius 1 is 1.32 bits per heavy atom. The van der Waals surface area contributed by atoms with Crippen LogP contribution in [0.25, 0.3) is 0 Å². The van der Waals surface area contributed by atoms with Gasteiger partial charge in [0.25, 0.3) is 0 Å². The Hall–Kier alpha value is -1.31. The quantitative estimate of drug-likeness (QED) is 0.490. The Balaban J connectivity index is 2.82. The molecule has 7 heteroatoms. The van der Waals surface area contributed by atoms with Crippen molar-refractivity contribution >= 4 is 21.4 Å². The number of hydrogen-bond donors (Lipinski definition) is 3. The van der Waals surface area contributed by atoms with Gasteiger partial charge in [-0.05, 0) is 25.1 Å². The summed E-state index contributed by atoms with van der Waals surface area (Å²) in [6, 6.07) is 4.59. The molecule has 0 amide bonds. The van der Waals surface area contributed by atoms with E-state index >= 15 is 0 Å². The minimum atomic E-state index is -3.46. The van der Waals surface area contributed by atoms with Gasteiger partial charge in [-0.2, -0.15) is 0 Å². The summed E-state index contributed by atoms with van der Waals surface area (Å²) in [5.41, 5.74) is 6.91. The second kappa shape index (κ2) is 7.32. The average Bonchev–Trinajstić information content (AvgIpc) is 2.36. The normalized spacial score (nSPS) is 11.5. The summed E-state index contributed by atoms with van der Waals surface area (Å²) >= 11 is 0. The molecule has 0 aliphatic rings. The van der Waals surface area contributed by atoms with Crippen molar-refractivity contribution in [3.05, 3.63) is 18.2 Å². The maximum absolute atomic E-state index is 11.9. The molecule has 1 aromatic rings. The van der Waals surface area contributed by atoms with Gasteiger partial charge < -0.3 is 15.8 Å². The number of sulfonamides is 1. The molecule has 6 nitrogen and oxygen atoms in total. The van der Waals surface area contributed by atoms with Gasteiger partial charge in [0.15, 0.2) is 0 Å². The van der Waals surface area contributed by atoms with Crippen LogP contribution in [0.1, 0.15) is 13.8 Å². The van der Waals surface area contributed by atoms with E-state index in [1.165, 1.54) is 12.1 Å². The first-order chi connectivity index (χ1) is 9.01. The van der Waals surface area contributed by atoms with Gasteiger partial charge in [0.1, 0.15) is 0 Å². The summed E-state index contributed by atoms with van der Waals surface area (Å²) in [5.74, 6) is 0. The van der Waals surface area contributed by atoms with E-state index in [2.05, 4.69) is 10.0 Å². The Labute approximate surface area is 114 Å². The largest absolute Gasteiger partial charge is 0.397 e. The van der Waals surface area contributed by atoms with Gasteiger partial charge in [-0.25, -0.2) is 13.1 Å². The molecule has 0 aliphatic heterocycles. The fourth-order valence-electron chi connectivity index (χ4n) is 1.53. The van der Waals surface area contributed by atoms with Gasteiger partial charge in [0, 0.05) is 19.7 Å². The predicted molar refractivity (Wildman–Crippen MR) is 76.7 cm³/mol. The Morgan fingerprint density at radius 2 is 2.05 bits per heavy atom. The van der Waals surface area contributed by atoms with Crippen molar-refractivity contribution in [3.63, 3.8) is 0 Å². The van der Waals surface area contributed by atoms with Gasteiger partial charge >= 0.3 is 0 Å². The summed E-state index contributed by atoms with van der Waals surface area (Å²) in [5, 5.41) is 3.06. The maximum Gasteiger partial charge on any atom is 0.240 e. The molecule has 0 radical (unpaired) electrons. The summed E-state index contributed by atoms with van der Waals surface area (Å²) in [6.07, 6.45) is 0. The van der Waals surface area contributed by atoms with Crippen LogP contribution in [-0.4, -0.2) is 34.7 Å². The van der Waals surface area contributed by atoms with Crippen LogP contribution in [0, 0.1) is 0 Å². The number of anilines is 2. The molecule has 0 aliphatic carbocycles. The lowest BCUT2D eigenvalue weighted by Crippen LogP contribution is -2.23. The topological polar surface area (TPSA) is 93.5 Å². The summed E-state index contributed by atoms with van der Waals surface area (Å²) in [7, 11) is -3.46. The maximum atomic E-state index is 11.9. The molecule has 0 spiro atoms. The summed E-state index contributed by atoms with van der Waals surface area (Å²) in [4.78, 5) is 0.197. The van der Waals surface area contributed by atoms with Crippen LogP contribution < -0.4 is 15.8 Å². The molecule has 0 fully saturated rings. The first-order valence-electron chi connectivity index (χ1n) is 6.22. The molecule has 0 aromatic heterocycles. The van der Waals surface area contributed by atoms with E-state index in [9.17, 15) is 8.42 Å². The van der Waals surface area contributed by atoms with Crippen molar-refractivity contribution in [3.8, 4) is 0 Å². The van der Waals surface area contributed by atoms with Crippen molar-refractivity contribution in [1.29, 1.82) is 0 Å². The number of hydrogen-bond acceptors (Lipinski definition) is 5. The lowest BCUT2D eigenvalue weighted by atomic mass is 10.2. The fraction of sp³-hybridized carbons (Fsp3) is 0.500. The SMILES string of the molecule is CCNS(=O)(=O)c1ccc(N)c(NCCOCC)c1. The number of nitrogen functional groups attached to an aromatic ring is 1. The zero-order valence-corrected chi connectivity index (χ0v) is 12.1. The molecule has 108 valence electrons. The Morgan fingerprint density at radius 3 is 2.68 bits per heavy atom. The first-order valence-corrected chi connectivity index (χ1v) is 7.70. The standard InChI is InChI=1S/C12H21N3O3S/c1-3-15-19(16,17)10-5-6-11(13)12(9-10)14-7-8-18-4-2/h5-6,9,14-15H,3-4,7-8,13H2,1-2H3. The van der Waals surface area contributed by atoms with Gasteiger partial charge in [-0.3, -0.25) is 0 Å². The first kappa shape index (κ1) is 15.7. The summed E-state index contributed by atoms with van der Waals surface area (Å²) < 4.78 is 31.4. The molecule has 19 heavy (non-hydrogen) atoms. The minimum absolute atomic E-state index is 0.197. The molecule has 0 saturated carbocycles. The zero-order valence-electron chi connectivity index (χ0n) is 11.3. The molecule has 1 rings (SSSR count). The molecule has 1 aromatic carbocycles. The van der Waals surface area contributed by atoms with Crippen LogP contribution in [0.15, 0.2) is 23.1 Å². The lowest BCUT2D eigenvalue weighted by Gasteiger charge is -2.12. The van der Waals surface area contributed by atoms with Crippen LogP contribution in [0.5, 0.6) is 0 Å². The van der Waals surface area contributed by atoms with Gasteiger partial charge in [0.05, 0.1) is 22.9 Å². The zero-order chi connectivity index (χ0) is 14.3. The van der Waals surface area contributed by atoms with E-state index in [1.807, 2.05) is 6.92 Å². The smallest absolute Gasteiger partial charge is 0.240 e. The number of benzene rings is 1. The van der Waals surface area contributed by atoms with Crippen molar-refractivity contribution in [2.24, 2.45) is 0 Å². The highest BCUT2D eigenvalue weighted by molar-refractivity contribution is 7.89. The van der Waals surface area contributed by atoms with E-state index in [4.69, 9.17) is 10.5 Å². The second-order valence-corrected chi connectivity index (χ2v) is 5.64. The van der Waals surface area contributed by atoms with E-state index in [1.54, 1.807) is 13.0 Å². The van der Waals surface area contributed by atoms with Gasteiger partial charge in [-0.1, -0.05) is 6.92 Å². The average molecular weight is 287 g/mol. The monoisotopic (exact) mass is 287 g/mol. The van der Waals surface area contributed by atoms with Gasteiger partial charge in [-0.15, -0.1) is 0 Å². The lowest BCUT2D eigenvalue weighted by molar-refractivity contribution is 0.158. The number of nitrogens with two attached hydrogens (primary N) is 1. The minimum Gasteiger partial charge on any atom is -0.397 e. The molecule has 0 atom stereocenters. The molecule has 0 bridgehead atoms. The Bertz CT molecular complexity index is 503. The highest BCUT2D eigenvalue weighted by Gasteiger charge is 2.14. The van der Waals surface area contributed by atoms with E-state index < -0.39 is 10.0 Å². The van der Waals surface area contributed by atoms with E-state index in [-0.39, 0.29) is 4.90 Å². The van der Waals surface area contributed by atoms with E-state index in [0.29, 0.717) is 37.7 Å². The molecule has 0 heterocycles. The Kier molecular flexibility index (Phi) is 6.07. The van der Waals surface area contributed by atoms with Crippen LogP contribution in [-0.2, 0) is 14.8 Å². The van der Waals surface area contributed by atoms with E-state index in [0.717, 1.165) is 0 Å². The van der Waals surface area contributed by atoms with Crippen molar-refractivity contribution in [2.45, 2.75) is 18.7 Å². The van der Waals surface area contributed by atoms with Crippen molar-refractivity contribution in [2.75, 3.05) is 37.4 Å². The van der Waals surface area contributed by atoms with Gasteiger partial charge in [0.2, 0.25) is 10.0 Å². The highest BCUT2D eigenvalue weighted by atomic mass is 32.2.